The Morgan fingerprint density at radius 3 is 2.83 bits per heavy atom. The molecule has 6 heteroatoms. The fourth-order valence-electron chi connectivity index (χ4n) is 2.39. The van der Waals surface area contributed by atoms with Crippen molar-refractivity contribution in [2.24, 2.45) is 0 Å². The topological polar surface area (TPSA) is 80.2 Å². The van der Waals surface area contributed by atoms with Gasteiger partial charge in [-0.05, 0) is 23.8 Å². The number of benzene rings is 2. The van der Waals surface area contributed by atoms with Crippen molar-refractivity contribution >= 4 is 16.7 Å². The molecule has 1 heterocycles. The number of aliphatic hydroxyl groups excluding tert-OH is 1. The number of aliphatic hydroxyl groups is 1. The average molecular weight is 324 g/mol. The molecule has 0 amide bonds. The number of nitrogens with one attached hydrogen (secondary N) is 1. The van der Waals surface area contributed by atoms with E-state index in [2.05, 4.69) is 44.8 Å². The molecule has 6 nitrogen and oxygen atoms in total. The lowest BCUT2D eigenvalue weighted by molar-refractivity contribution is 0.0495. The molecule has 3 rings (SSSR count). The zero-order chi connectivity index (χ0) is 16.8. The maximum Gasteiger partial charge on any atom is 0.243 e. The van der Waals surface area contributed by atoms with Gasteiger partial charge in [0.05, 0.1) is 24.6 Å². The highest BCUT2D eigenvalue weighted by Gasteiger charge is 2.07. The van der Waals surface area contributed by atoms with E-state index in [0.717, 1.165) is 16.6 Å². The first kappa shape index (κ1) is 16.3. The molecule has 0 spiro atoms. The Morgan fingerprint density at radius 2 is 2.00 bits per heavy atom. The van der Waals surface area contributed by atoms with Crippen LogP contribution in [-0.4, -0.2) is 46.2 Å². The second-order valence-corrected chi connectivity index (χ2v) is 5.42. The zero-order valence-electron chi connectivity index (χ0n) is 13.5. The number of hydrogen-bond acceptors (Lipinski definition) is 6. The number of hydrogen-bond donors (Lipinski definition) is 2. The maximum atomic E-state index is 9.78. The summed E-state index contributed by atoms with van der Waals surface area (Å²) in [6.45, 7) is 3.05. The lowest BCUT2D eigenvalue weighted by Gasteiger charge is -2.11. The maximum absolute atomic E-state index is 9.78. The Kier molecular flexibility index (Phi) is 5.30. The number of anilines is 1. The molecular formula is C18H20N4O2. The van der Waals surface area contributed by atoms with Crippen molar-refractivity contribution in [1.29, 1.82) is 0 Å². The van der Waals surface area contributed by atoms with Gasteiger partial charge in [0, 0.05) is 18.7 Å². The minimum atomic E-state index is -0.613. The summed E-state index contributed by atoms with van der Waals surface area (Å²) in [5.74, 6) is 0.385. The summed E-state index contributed by atoms with van der Waals surface area (Å²) in [6.07, 6.45) is 1.02. The van der Waals surface area contributed by atoms with Crippen molar-refractivity contribution in [1.82, 2.24) is 15.2 Å². The van der Waals surface area contributed by atoms with Crippen LogP contribution in [0.5, 0.6) is 0 Å². The normalized spacial score (nSPS) is 12.2. The predicted molar refractivity (Wildman–Crippen MR) is 93.8 cm³/mol. The highest BCUT2D eigenvalue weighted by molar-refractivity contribution is 5.86. The first-order valence-corrected chi connectivity index (χ1v) is 7.95. The van der Waals surface area contributed by atoms with Crippen LogP contribution in [0.3, 0.4) is 0 Å². The van der Waals surface area contributed by atoms with E-state index in [1.54, 1.807) is 6.20 Å². The van der Waals surface area contributed by atoms with Crippen LogP contribution < -0.4 is 5.32 Å². The summed E-state index contributed by atoms with van der Waals surface area (Å²) < 4.78 is 5.17. The minimum Gasteiger partial charge on any atom is -0.389 e. The molecule has 1 unspecified atom stereocenters. The van der Waals surface area contributed by atoms with Crippen molar-refractivity contribution in [3.63, 3.8) is 0 Å². The van der Waals surface area contributed by atoms with Gasteiger partial charge in [-0.3, -0.25) is 0 Å². The van der Waals surface area contributed by atoms with E-state index in [1.165, 1.54) is 5.39 Å². The summed E-state index contributed by atoms with van der Waals surface area (Å²) in [5, 5.41) is 23.0. The SMILES string of the molecule is CCOCC(O)CNc1nncc(-c2ccc3ccccc3c2)n1. The molecule has 0 saturated carbocycles. The Balaban J connectivity index is 1.74. The standard InChI is InChI=1S/C18H20N4O2/c1-2-24-12-16(23)10-19-18-21-17(11-20-22-18)15-8-7-13-5-3-4-6-14(13)9-15/h3-9,11,16,23H,2,10,12H2,1H3,(H,19,21,22). The summed E-state index contributed by atoms with van der Waals surface area (Å²) in [4.78, 5) is 4.47. The third-order valence-corrected chi connectivity index (χ3v) is 3.61. The summed E-state index contributed by atoms with van der Waals surface area (Å²) >= 11 is 0. The van der Waals surface area contributed by atoms with Crippen LogP contribution in [0.2, 0.25) is 0 Å². The minimum absolute atomic E-state index is 0.279. The van der Waals surface area contributed by atoms with Gasteiger partial charge in [0.1, 0.15) is 0 Å². The molecule has 0 radical (unpaired) electrons. The molecule has 1 atom stereocenters. The highest BCUT2D eigenvalue weighted by atomic mass is 16.5. The number of ether oxygens (including phenoxy) is 1. The second-order valence-electron chi connectivity index (χ2n) is 5.42. The van der Waals surface area contributed by atoms with Crippen LogP contribution in [0.25, 0.3) is 22.0 Å². The lowest BCUT2D eigenvalue weighted by Crippen LogP contribution is -2.25. The van der Waals surface area contributed by atoms with E-state index in [1.807, 2.05) is 25.1 Å². The van der Waals surface area contributed by atoms with Crippen LogP contribution in [0.4, 0.5) is 5.95 Å². The molecule has 2 aromatic carbocycles. The van der Waals surface area contributed by atoms with E-state index in [4.69, 9.17) is 4.74 Å². The van der Waals surface area contributed by atoms with Crippen molar-refractivity contribution in [3.8, 4) is 11.3 Å². The van der Waals surface area contributed by atoms with Gasteiger partial charge in [0.2, 0.25) is 5.95 Å². The summed E-state index contributed by atoms with van der Waals surface area (Å²) in [7, 11) is 0. The summed E-state index contributed by atoms with van der Waals surface area (Å²) in [5.41, 5.74) is 1.71. The predicted octanol–water partition coefficient (Wildman–Crippen LogP) is 2.50. The van der Waals surface area contributed by atoms with Crippen molar-refractivity contribution in [3.05, 3.63) is 48.7 Å². The van der Waals surface area contributed by atoms with E-state index in [-0.39, 0.29) is 6.61 Å². The Bertz CT molecular complexity index is 810. The van der Waals surface area contributed by atoms with Gasteiger partial charge in [-0.2, -0.15) is 5.10 Å². The first-order valence-electron chi connectivity index (χ1n) is 7.95. The van der Waals surface area contributed by atoms with Gasteiger partial charge in [-0.1, -0.05) is 36.4 Å². The van der Waals surface area contributed by atoms with E-state index < -0.39 is 6.10 Å². The van der Waals surface area contributed by atoms with Crippen molar-refractivity contribution < 1.29 is 9.84 Å². The van der Waals surface area contributed by atoms with E-state index in [0.29, 0.717) is 19.1 Å². The number of nitrogens with zero attached hydrogens (tertiary/aromatic N) is 3. The number of fused-ring (bicyclic) bond motifs is 1. The van der Waals surface area contributed by atoms with Crippen molar-refractivity contribution in [2.45, 2.75) is 13.0 Å². The average Bonchev–Trinajstić information content (AvgIpc) is 2.64. The Labute approximate surface area is 140 Å². The molecule has 0 aliphatic rings. The van der Waals surface area contributed by atoms with E-state index >= 15 is 0 Å². The highest BCUT2D eigenvalue weighted by Crippen LogP contribution is 2.22. The largest absolute Gasteiger partial charge is 0.389 e. The van der Waals surface area contributed by atoms with Crippen LogP contribution in [-0.2, 0) is 4.74 Å². The van der Waals surface area contributed by atoms with Gasteiger partial charge >= 0.3 is 0 Å². The molecule has 2 N–H and O–H groups in total. The molecule has 124 valence electrons. The molecular weight excluding hydrogens is 304 g/mol. The fourth-order valence-corrected chi connectivity index (χ4v) is 2.39. The third-order valence-electron chi connectivity index (χ3n) is 3.61. The second kappa shape index (κ2) is 7.81. The van der Waals surface area contributed by atoms with Crippen molar-refractivity contribution in [2.75, 3.05) is 25.1 Å². The smallest absolute Gasteiger partial charge is 0.243 e. The van der Waals surface area contributed by atoms with E-state index in [9.17, 15) is 5.11 Å². The third kappa shape index (κ3) is 4.04. The van der Waals surface area contributed by atoms with Crippen LogP contribution in [0, 0.1) is 0 Å². The van der Waals surface area contributed by atoms with Crippen LogP contribution in [0.15, 0.2) is 48.7 Å². The molecule has 0 fully saturated rings. The zero-order valence-corrected chi connectivity index (χ0v) is 13.5. The fraction of sp³-hybridized carbons (Fsp3) is 0.278. The van der Waals surface area contributed by atoms with Gasteiger partial charge < -0.3 is 15.2 Å². The molecule has 24 heavy (non-hydrogen) atoms. The van der Waals surface area contributed by atoms with Crippen LogP contribution >= 0.6 is 0 Å². The first-order chi connectivity index (χ1) is 11.8. The molecule has 0 saturated heterocycles. The van der Waals surface area contributed by atoms with Gasteiger partial charge in [-0.15, -0.1) is 5.10 Å². The molecule has 1 aromatic heterocycles. The number of rotatable bonds is 7. The molecule has 0 bridgehead atoms. The molecule has 0 aliphatic heterocycles. The molecule has 0 aliphatic carbocycles. The Hall–Kier alpha value is -2.57. The number of aromatic nitrogens is 3. The lowest BCUT2D eigenvalue weighted by atomic mass is 10.1. The monoisotopic (exact) mass is 324 g/mol. The van der Waals surface area contributed by atoms with Gasteiger partial charge in [0.25, 0.3) is 0 Å². The molecule has 3 aromatic rings. The quantitative estimate of drug-likeness (QED) is 0.695. The summed E-state index contributed by atoms with van der Waals surface area (Å²) in [6, 6.07) is 14.3. The van der Waals surface area contributed by atoms with Gasteiger partial charge in [-0.25, -0.2) is 4.98 Å². The van der Waals surface area contributed by atoms with Gasteiger partial charge in [0.15, 0.2) is 0 Å². The Morgan fingerprint density at radius 1 is 1.17 bits per heavy atom. The van der Waals surface area contributed by atoms with Crippen LogP contribution in [0.1, 0.15) is 6.92 Å².